The number of hydrogen-bond donors (Lipinski definition) is 2. The largest absolute Gasteiger partial charge is 0.486 e. The van der Waals surface area contributed by atoms with E-state index in [4.69, 9.17) is 9.47 Å². The van der Waals surface area contributed by atoms with Crippen LogP contribution in [0.15, 0.2) is 45.8 Å². The second kappa shape index (κ2) is 7.82. The first-order chi connectivity index (χ1) is 13.1. The number of benzene rings is 2. The molecule has 0 unspecified atom stereocenters. The van der Waals surface area contributed by atoms with Crippen molar-refractivity contribution in [3.63, 3.8) is 0 Å². The van der Waals surface area contributed by atoms with E-state index in [1.807, 2.05) is 24.3 Å². The Balaban J connectivity index is 1.46. The molecule has 4 rings (SSSR count). The number of fused-ring (bicyclic) bond motifs is 2. The highest BCUT2D eigenvalue weighted by molar-refractivity contribution is 9.10. The Hall–Kier alpha value is -2.19. The van der Waals surface area contributed by atoms with Crippen LogP contribution in [0.4, 0.5) is 5.69 Å². The van der Waals surface area contributed by atoms with Crippen molar-refractivity contribution in [2.24, 2.45) is 0 Å². The maximum absolute atomic E-state index is 12.4. The molecule has 2 N–H and O–H groups in total. The smallest absolute Gasteiger partial charge is 0.313 e. The molecule has 0 fully saturated rings. The average molecular weight is 449 g/mol. The molecular weight excluding hydrogens is 432 g/mol. The normalized spacial score (nSPS) is 17.6. The maximum atomic E-state index is 12.4. The number of carbonyl (C=O) groups is 2. The first kappa shape index (κ1) is 18.2. The molecule has 6 nitrogen and oxygen atoms in total. The van der Waals surface area contributed by atoms with Gasteiger partial charge < -0.3 is 20.1 Å². The third-order valence-corrected chi connectivity index (χ3v) is 6.13. The summed E-state index contributed by atoms with van der Waals surface area (Å²) in [4.78, 5) is 26.0. The number of halogens is 1. The van der Waals surface area contributed by atoms with Crippen LogP contribution in [-0.4, -0.2) is 30.8 Å². The standard InChI is InChI=1S/C19H17BrN2O4S/c20-12-9-15-16(26-7-6-25-15)10-14(12)22-19(24)18(23)21-13-5-8-27-17-4-2-1-3-11(13)17/h1-4,9-10,13H,5-8H2,(H,21,23)(H,22,24)/t13-/m0/s1. The van der Waals surface area contributed by atoms with Crippen molar-refractivity contribution < 1.29 is 19.1 Å². The molecule has 140 valence electrons. The molecule has 1 atom stereocenters. The minimum atomic E-state index is -0.719. The molecule has 2 heterocycles. The van der Waals surface area contributed by atoms with Crippen molar-refractivity contribution in [3.8, 4) is 11.5 Å². The molecule has 2 aliphatic rings. The Morgan fingerprint density at radius 3 is 2.63 bits per heavy atom. The molecule has 2 aromatic carbocycles. The van der Waals surface area contributed by atoms with Gasteiger partial charge in [0.25, 0.3) is 0 Å². The van der Waals surface area contributed by atoms with E-state index < -0.39 is 11.8 Å². The summed E-state index contributed by atoms with van der Waals surface area (Å²) in [5, 5.41) is 5.48. The molecule has 8 heteroatoms. The van der Waals surface area contributed by atoms with E-state index in [1.165, 1.54) is 0 Å². The number of anilines is 1. The Labute approximate surface area is 169 Å². The lowest BCUT2D eigenvalue weighted by Gasteiger charge is -2.25. The molecule has 27 heavy (non-hydrogen) atoms. The minimum Gasteiger partial charge on any atom is -0.486 e. The lowest BCUT2D eigenvalue weighted by molar-refractivity contribution is -0.136. The molecule has 2 aliphatic heterocycles. The van der Waals surface area contributed by atoms with Gasteiger partial charge in [-0.2, -0.15) is 0 Å². The van der Waals surface area contributed by atoms with Gasteiger partial charge in [-0.15, -0.1) is 11.8 Å². The predicted octanol–water partition coefficient (Wildman–Crippen LogP) is 3.51. The third-order valence-electron chi connectivity index (χ3n) is 4.35. The summed E-state index contributed by atoms with van der Waals surface area (Å²) in [5.74, 6) is 0.661. The summed E-state index contributed by atoms with van der Waals surface area (Å²) >= 11 is 5.15. The zero-order valence-corrected chi connectivity index (χ0v) is 16.7. The number of nitrogens with one attached hydrogen (secondary N) is 2. The van der Waals surface area contributed by atoms with Gasteiger partial charge in [0.15, 0.2) is 11.5 Å². The van der Waals surface area contributed by atoms with Gasteiger partial charge in [0.1, 0.15) is 13.2 Å². The van der Waals surface area contributed by atoms with E-state index in [0.717, 1.165) is 22.6 Å². The molecule has 0 spiro atoms. The minimum absolute atomic E-state index is 0.163. The van der Waals surface area contributed by atoms with E-state index in [9.17, 15) is 9.59 Å². The Morgan fingerprint density at radius 2 is 1.81 bits per heavy atom. The van der Waals surface area contributed by atoms with Crippen LogP contribution in [0.3, 0.4) is 0 Å². The molecule has 0 aliphatic carbocycles. The van der Waals surface area contributed by atoms with Gasteiger partial charge in [0, 0.05) is 27.3 Å². The summed E-state index contributed by atoms with van der Waals surface area (Å²) in [6.45, 7) is 0.927. The lowest BCUT2D eigenvalue weighted by Crippen LogP contribution is -2.38. The molecule has 2 amide bonds. The van der Waals surface area contributed by atoms with Gasteiger partial charge in [-0.25, -0.2) is 0 Å². The summed E-state index contributed by atoms with van der Waals surface area (Å²) in [6, 6.07) is 11.1. The molecule has 0 saturated carbocycles. The summed E-state index contributed by atoms with van der Waals surface area (Å²) in [6.07, 6.45) is 0.786. The molecule has 2 aromatic rings. The first-order valence-electron chi connectivity index (χ1n) is 8.54. The molecule has 0 saturated heterocycles. The van der Waals surface area contributed by atoms with Gasteiger partial charge in [-0.05, 0) is 34.0 Å². The van der Waals surface area contributed by atoms with Crippen molar-refractivity contribution in [3.05, 3.63) is 46.4 Å². The van der Waals surface area contributed by atoms with Gasteiger partial charge in [0.05, 0.1) is 11.7 Å². The number of thioether (sulfide) groups is 1. The Kier molecular flexibility index (Phi) is 5.27. The van der Waals surface area contributed by atoms with Crippen LogP contribution in [0.2, 0.25) is 0 Å². The van der Waals surface area contributed by atoms with E-state index in [2.05, 4.69) is 26.6 Å². The SMILES string of the molecule is O=C(Nc1cc2c(cc1Br)OCCO2)C(=O)N[C@H]1CCSc2ccccc21. The van der Waals surface area contributed by atoms with Crippen LogP contribution in [0.25, 0.3) is 0 Å². The fourth-order valence-corrected chi connectivity index (χ4v) is 4.60. The van der Waals surface area contributed by atoms with Crippen molar-refractivity contribution in [2.75, 3.05) is 24.3 Å². The first-order valence-corrected chi connectivity index (χ1v) is 10.3. The summed E-state index contributed by atoms with van der Waals surface area (Å²) in [5.41, 5.74) is 1.51. The van der Waals surface area contributed by atoms with Gasteiger partial charge >= 0.3 is 11.8 Å². The number of ether oxygens (including phenoxy) is 2. The van der Waals surface area contributed by atoms with E-state index in [-0.39, 0.29) is 6.04 Å². The van der Waals surface area contributed by atoms with Crippen LogP contribution < -0.4 is 20.1 Å². The van der Waals surface area contributed by atoms with Crippen LogP contribution in [0.1, 0.15) is 18.0 Å². The van der Waals surface area contributed by atoms with E-state index in [0.29, 0.717) is 34.9 Å². The Morgan fingerprint density at radius 1 is 1.07 bits per heavy atom. The Bertz CT molecular complexity index is 905. The quantitative estimate of drug-likeness (QED) is 0.687. The molecule has 0 radical (unpaired) electrons. The fraction of sp³-hybridized carbons (Fsp3) is 0.263. The fourth-order valence-electron chi connectivity index (χ4n) is 3.05. The zero-order chi connectivity index (χ0) is 18.8. The molecular formula is C19H17BrN2O4S. The van der Waals surface area contributed by atoms with Gasteiger partial charge in [0.2, 0.25) is 0 Å². The van der Waals surface area contributed by atoms with Crippen molar-refractivity contribution in [1.82, 2.24) is 5.32 Å². The monoisotopic (exact) mass is 448 g/mol. The average Bonchev–Trinajstić information content (AvgIpc) is 2.68. The number of hydrogen-bond acceptors (Lipinski definition) is 5. The van der Waals surface area contributed by atoms with E-state index >= 15 is 0 Å². The molecule has 0 bridgehead atoms. The molecule has 0 aromatic heterocycles. The van der Waals surface area contributed by atoms with E-state index in [1.54, 1.807) is 23.9 Å². The highest BCUT2D eigenvalue weighted by atomic mass is 79.9. The van der Waals surface area contributed by atoms with Gasteiger partial charge in [-0.1, -0.05) is 18.2 Å². The van der Waals surface area contributed by atoms with Crippen molar-refractivity contribution in [2.45, 2.75) is 17.4 Å². The second-order valence-corrected chi connectivity index (χ2v) is 8.12. The van der Waals surface area contributed by atoms with Crippen LogP contribution in [0.5, 0.6) is 11.5 Å². The topological polar surface area (TPSA) is 76.7 Å². The summed E-state index contributed by atoms with van der Waals surface area (Å²) in [7, 11) is 0. The number of carbonyl (C=O) groups excluding carboxylic acids is 2. The lowest BCUT2D eigenvalue weighted by atomic mass is 10.0. The van der Waals surface area contributed by atoms with Gasteiger partial charge in [-0.3, -0.25) is 9.59 Å². The number of rotatable bonds is 2. The van der Waals surface area contributed by atoms with Crippen LogP contribution >= 0.6 is 27.7 Å². The zero-order valence-electron chi connectivity index (χ0n) is 14.3. The maximum Gasteiger partial charge on any atom is 0.313 e. The van der Waals surface area contributed by atoms with Crippen molar-refractivity contribution in [1.29, 1.82) is 0 Å². The van der Waals surface area contributed by atoms with Crippen LogP contribution in [0, 0.1) is 0 Å². The summed E-state index contributed by atoms with van der Waals surface area (Å²) < 4.78 is 11.6. The second-order valence-electron chi connectivity index (χ2n) is 6.13. The van der Waals surface area contributed by atoms with Crippen LogP contribution in [-0.2, 0) is 9.59 Å². The van der Waals surface area contributed by atoms with Crippen molar-refractivity contribution >= 4 is 45.2 Å². The number of amides is 2. The predicted molar refractivity (Wildman–Crippen MR) is 106 cm³/mol. The third kappa shape index (κ3) is 3.91. The highest BCUT2D eigenvalue weighted by Crippen LogP contribution is 2.38. The highest BCUT2D eigenvalue weighted by Gasteiger charge is 2.25.